The van der Waals surface area contributed by atoms with E-state index in [0.29, 0.717) is 25.0 Å². The predicted molar refractivity (Wildman–Crippen MR) is 86.4 cm³/mol. The van der Waals surface area contributed by atoms with Gasteiger partial charge in [-0.15, -0.1) is 0 Å². The Balaban J connectivity index is 2.74. The van der Waals surface area contributed by atoms with Crippen molar-refractivity contribution in [2.24, 2.45) is 16.8 Å². The maximum atomic E-state index is 13.6. The van der Waals surface area contributed by atoms with Gasteiger partial charge in [-0.25, -0.2) is 9.38 Å². The highest BCUT2D eigenvalue weighted by atomic mass is 19.1. The van der Waals surface area contributed by atoms with Crippen molar-refractivity contribution in [3.05, 3.63) is 35.6 Å². The van der Waals surface area contributed by atoms with Crippen molar-refractivity contribution >= 4 is 11.9 Å². The number of halogens is 1. The molecule has 0 atom stereocenters. The monoisotopic (exact) mass is 308 g/mol. The Kier molecular flexibility index (Phi) is 7.57. The molecule has 1 aromatic carbocycles. The summed E-state index contributed by atoms with van der Waals surface area (Å²) in [6, 6.07) is 5.99. The zero-order chi connectivity index (χ0) is 16.5. The van der Waals surface area contributed by atoms with Crippen molar-refractivity contribution in [1.82, 2.24) is 5.32 Å². The van der Waals surface area contributed by atoms with E-state index in [2.05, 4.69) is 24.2 Å². The van der Waals surface area contributed by atoms with Gasteiger partial charge in [-0.3, -0.25) is 10.1 Å². The molecule has 1 rings (SSSR count). The third-order valence-electron chi connectivity index (χ3n) is 2.85. The number of nitrogens with zero attached hydrogens (tertiary/aromatic N) is 1. The van der Waals surface area contributed by atoms with Gasteiger partial charge in [0.2, 0.25) is 0 Å². The number of amidine groups is 1. The molecule has 0 aliphatic heterocycles. The van der Waals surface area contributed by atoms with E-state index in [4.69, 9.17) is 4.74 Å². The first-order valence-electron chi connectivity index (χ1n) is 7.63. The van der Waals surface area contributed by atoms with E-state index in [9.17, 15) is 9.18 Å². The van der Waals surface area contributed by atoms with Gasteiger partial charge in [-0.1, -0.05) is 39.8 Å². The molecule has 4 nitrogen and oxygen atoms in total. The zero-order valence-electron chi connectivity index (χ0n) is 13.7. The molecule has 0 bridgehead atoms. The van der Waals surface area contributed by atoms with Gasteiger partial charge < -0.3 is 4.74 Å². The Morgan fingerprint density at radius 2 is 1.91 bits per heavy atom. The summed E-state index contributed by atoms with van der Waals surface area (Å²) in [6.07, 6.45) is 0.893. The summed E-state index contributed by atoms with van der Waals surface area (Å²) in [5.41, 5.74) is -0.0211. The molecule has 0 aliphatic rings. The molecule has 1 aromatic rings. The third-order valence-corrected chi connectivity index (χ3v) is 2.85. The average Bonchev–Trinajstić information content (AvgIpc) is 2.44. The van der Waals surface area contributed by atoms with E-state index in [1.165, 1.54) is 12.1 Å². The number of benzene rings is 1. The Morgan fingerprint density at radius 3 is 2.50 bits per heavy atom. The number of amides is 1. The molecule has 0 aliphatic carbocycles. The fourth-order valence-electron chi connectivity index (χ4n) is 1.60. The van der Waals surface area contributed by atoms with Gasteiger partial charge >= 0.3 is 0 Å². The van der Waals surface area contributed by atoms with E-state index in [-0.39, 0.29) is 11.6 Å². The molecule has 0 aromatic heterocycles. The van der Waals surface area contributed by atoms with E-state index in [1.807, 2.05) is 13.8 Å². The van der Waals surface area contributed by atoms with Crippen LogP contribution in [0.3, 0.4) is 0 Å². The van der Waals surface area contributed by atoms with Crippen LogP contribution in [0.15, 0.2) is 29.3 Å². The molecule has 0 radical (unpaired) electrons. The van der Waals surface area contributed by atoms with Crippen LogP contribution in [-0.4, -0.2) is 25.1 Å². The molecule has 0 saturated carbocycles. The van der Waals surface area contributed by atoms with Crippen LogP contribution in [0, 0.1) is 17.7 Å². The number of carbonyl (C=O) groups is 1. The van der Waals surface area contributed by atoms with Crippen LogP contribution in [0.4, 0.5) is 4.39 Å². The van der Waals surface area contributed by atoms with Crippen LogP contribution in [0.5, 0.6) is 0 Å². The lowest BCUT2D eigenvalue weighted by molar-refractivity contribution is 0.0959. The van der Waals surface area contributed by atoms with Gasteiger partial charge in [-0.2, -0.15) is 0 Å². The zero-order valence-corrected chi connectivity index (χ0v) is 13.7. The van der Waals surface area contributed by atoms with Crippen LogP contribution >= 0.6 is 0 Å². The summed E-state index contributed by atoms with van der Waals surface area (Å²) in [7, 11) is 0. The van der Waals surface area contributed by atoms with Gasteiger partial charge in [0.15, 0.2) is 0 Å². The highest BCUT2D eigenvalue weighted by molar-refractivity contribution is 6.04. The number of rotatable bonds is 6. The first-order chi connectivity index (χ1) is 10.4. The summed E-state index contributed by atoms with van der Waals surface area (Å²) >= 11 is 0. The second kappa shape index (κ2) is 9.18. The Bertz CT molecular complexity index is 513. The van der Waals surface area contributed by atoms with Crippen LogP contribution in [0.25, 0.3) is 0 Å². The molecule has 0 unspecified atom stereocenters. The van der Waals surface area contributed by atoms with Crippen LogP contribution in [-0.2, 0) is 4.74 Å². The van der Waals surface area contributed by atoms with Crippen LogP contribution in [0.2, 0.25) is 0 Å². The van der Waals surface area contributed by atoms with Crippen molar-refractivity contribution in [3.63, 3.8) is 0 Å². The second-order valence-corrected chi connectivity index (χ2v) is 6.01. The van der Waals surface area contributed by atoms with Gasteiger partial charge in [-0.05, 0) is 30.4 Å². The molecule has 5 heteroatoms. The topological polar surface area (TPSA) is 50.7 Å². The second-order valence-electron chi connectivity index (χ2n) is 6.01. The smallest absolute Gasteiger partial charge is 0.291 e. The molecule has 0 heterocycles. The molecule has 122 valence electrons. The summed E-state index contributed by atoms with van der Waals surface area (Å²) in [4.78, 5) is 16.4. The maximum absolute atomic E-state index is 13.6. The van der Waals surface area contributed by atoms with E-state index in [0.717, 1.165) is 6.42 Å². The molecule has 0 saturated heterocycles. The number of hydrogen-bond acceptors (Lipinski definition) is 3. The first-order valence-corrected chi connectivity index (χ1v) is 7.63. The highest BCUT2D eigenvalue weighted by Crippen LogP contribution is 2.06. The van der Waals surface area contributed by atoms with Gasteiger partial charge in [0.05, 0.1) is 12.2 Å². The summed E-state index contributed by atoms with van der Waals surface area (Å²) in [6.45, 7) is 9.21. The van der Waals surface area contributed by atoms with Gasteiger partial charge in [0, 0.05) is 6.54 Å². The molecule has 0 fully saturated rings. The Morgan fingerprint density at radius 1 is 1.23 bits per heavy atom. The van der Waals surface area contributed by atoms with Crippen molar-refractivity contribution < 1.29 is 13.9 Å². The van der Waals surface area contributed by atoms with Gasteiger partial charge in [0.1, 0.15) is 5.82 Å². The molecule has 1 N–H and O–H groups in total. The molecule has 0 spiro atoms. The number of nitrogens with one attached hydrogen (secondary N) is 1. The van der Waals surface area contributed by atoms with E-state index in [1.54, 1.807) is 12.1 Å². The Hall–Kier alpha value is -1.91. The van der Waals surface area contributed by atoms with Crippen molar-refractivity contribution in [2.75, 3.05) is 13.2 Å². The number of ether oxygens (including phenoxy) is 1. The summed E-state index contributed by atoms with van der Waals surface area (Å²) in [5.74, 6) is -0.298. The minimum absolute atomic E-state index is 0.0211. The SMILES string of the molecule is CC(C)CCN=C(NC(=O)c1ccccc1F)OCC(C)C. The predicted octanol–water partition coefficient (Wildman–Crippen LogP) is 3.63. The van der Waals surface area contributed by atoms with E-state index < -0.39 is 11.7 Å². The normalized spacial score (nSPS) is 11.9. The molecular formula is C17H25FN2O2. The number of aliphatic imine (C=N–C) groups is 1. The van der Waals surface area contributed by atoms with Gasteiger partial charge in [0.25, 0.3) is 11.9 Å². The standard InChI is InChI=1S/C17H25FN2O2/c1-12(2)9-10-19-17(22-11-13(3)4)20-16(21)14-7-5-6-8-15(14)18/h5-8,12-13H,9-11H2,1-4H3,(H,19,20,21). The molecular weight excluding hydrogens is 283 g/mol. The highest BCUT2D eigenvalue weighted by Gasteiger charge is 2.14. The van der Waals surface area contributed by atoms with E-state index >= 15 is 0 Å². The molecule has 22 heavy (non-hydrogen) atoms. The fourth-order valence-corrected chi connectivity index (χ4v) is 1.60. The van der Waals surface area contributed by atoms with Crippen molar-refractivity contribution in [2.45, 2.75) is 34.1 Å². The van der Waals surface area contributed by atoms with Crippen molar-refractivity contribution in [3.8, 4) is 0 Å². The van der Waals surface area contributed by atoms with Crippen LogP contribution in [0.1, 0.15) is 44.5 Å². The Labute approximate surface area is 131 Å². The van der Waals surface area contributed by atoms with Crippen molar-refractivity contribution in [1.29, 1.82) is 0 Å². The third kappa shape index (κ3) is 6.70. The van der Waals surface area contributed by atoms with Crippen LogP contribution < -0.4 is 5.32 Å². The fraction of sp³-hybridized carbons (Fsp3) is 0.529. The summed E-state index contributed by atoms with van der Waals surface area (Å²) in [5, 5.41) is 2.55. The molecule has 1 amide bonds. The minimum atomic E-state index is -0.564. The number of carbonyl (C=O) groups excluding carboxylic acids is 1. The number of hydrogen-bond donors (Lipinski definition) is 1. The lowest BCUT2D eigenvalue weighted by atomic mass is 10.1. The first kappa shape index (κ1) is 18.1. The quantitative estimate of drug-likeness (QED) is 0.644. The lowest BCUT2D eigenvalue weighted by Gasteiger charge is -2.13. The maximum Gasteiger partial charge on any atom is 0.291 e. The minimum Gasteiger partial charge on any atom is -0.465 e. The lowest BCUT2D eigenvalue weighted by Crippen LogP contribution is -2.34. The largest absolute Gasteiger partial charge is 0.465 e. The summed E-state index contributed by atoms with van der Waals surface area (Å²) < 4.78 is 19.1. The average molecular weight is 308 g/mol.